The lowest BCUT2D eigenvalue weighted by molar-refractivity contribution is 1.20. The van der Waals surface area contributed by atoms with Crippen molar-refractivity contribution in [3.8, 4) is 0 Å². The molecular formula is C18H15ClN4. The fraction of sp³-hybridized carbons (Fsp3) is 0.111. The Labute approximate surface area is 139 Å². The molecule has 0 atom stereocenters. The first-order valence-corrected chi connectivity index (χ1v) is 7.56. The van der Waals surface area contributed by atoms with Crippen molar-refractivity contribution in [2.24, 2.45) is 0 Å². The maximum Gasteiger partial charge on any atom is 0.0739 e. The highest BCUT2D eigenvalue weighted by molar-refractivity contribution is 6.31. The van der Waals surface area contributed by atoms with Crippen molar-refractivity contribution in [3.05, 3.63) is 71.5 Å². The molecule has 0 aliphatic heterocycles. The summed E-state index contributed by atoms with van der Waals surface area (Å²) >= 11 is 5.97. The molecule has 0 spiro atoms. The van der Waals surface area contributed by atoms with Gasteiger partial charge in [-0.2, -0.15) is 0 Å². The van der Waals surface area contributed by atoms with Crippen molar-refractivity contribution < 1.29 is 0 Å². The maximum atomic E-state index is 5.97. The number of nitrogens with zero attached hydrogens (tertiary/aromatic N) is 4. The van der Waals surface area contributed by atoms with Crippen molar-refractivity contribution in [1.29, 1.82) is 0 Å². The predicted molar refractivity (Wildman–Crippen MR) is 93.6 cm³/mol. The van der Waals surface area contributed by atoms with Gasteiger partial charge in [-0.15, -0.1) is 0 Å². The molecule has 5 heteroatoms. The molecular weight excluding hydrogens is 308 g/mol. The summed E-state index contributed by atoms with van der Waals surface area (Å²) in [6, 6.07) is 9.61. The van der Waals surface area contributed by atoms with Crippen LogP contribution in [0.5, 0.6) is 0 Å². The van der Waals surface area contributed by atoms with Crippen LogP contribution >= 0.6 is 11.6 Å². The normalized spacial score (nSPS) is 10.4. The van der Waals surface area contributed by atoms with E-state index in [4.69, 9.17) is 11.6 Å². The third-order valence-electron chi connectivity index (χ3n) is 3.47. The molecule has 0 aliphatic rings. The van der Waals surface area contributed by atoms with Gasteiger partial charge in [-0.1, -0.05) is 11.6 Å². The topological polar surface area (TPSA) is 51.6 Å². The molecule has 4 nitrogen and oxygen atoms in total. The molecule has 4 heterocycles. The molecule has 0 unspecified atom stereocenters. The highest BCUT2D eigenvalue weighted by Gasteiger charge is 2.02. The SMILES string of the molecule is Cc1nc2ccnc(C)c2cc1Cl.c1cnc2ccncc2c1. The van der Waals surface area contributed by atoms with Crippen LogP contribution in [0.15, 0.2) is 55.1 Å². The van der Waals surface area contributed by atoms with Crippen molar-refractivity contribution >= 4 is 33.4 Å². The van der Waals surface area contributed by atoms with Crippen molar-refractivity contribution in [1.82, 2.24) is 19.9 Å². The summed E-state index contributed by atoms with van der Waals surface area (Å²) < 4.78 is 0. The second-order valence-electron chi connectivity index (χ2n) is 5.09. The summed E-state index contributed by atoms with van der Waals surface area (Å²) in [6.45, 7) is 3.85. The zero-order chi connectivity index (χ0) is 16.2. The molecule has 0 fully saturated rings. The third-order valence-corrected chi connectivity index (χ3v) is 3.86. The minimum absolute atomic E-state index is 0.698. The smallest absolute Gasteiger partial charge is 0.0739 e. The zero-order valence-electron chi connectivity index (χ0n) is 12.9. The van der Waals surface area contributed by atoms with Gasteiger partial charge in [-0.25, -0.2) is 0 Å². The van der Waals surface area contributed by atoms with E-state index in [0.29, 0.717) is 5.02 Å². The van der Waals surface area contributed by atoms with E-state index in [1.807, 2.05) is 50.4 Å². The number of hydrogen-bond acceptors (Lipinski definition) is 4. The Morgan fingerprint density at radius 3 is 2.52 bits per heavy atom. The predicted octanol–water partition coefficient (Wildman–Crippen LogP) is 4.53. The minimum atomic E-state index is 0.698. The van der Waals surface area contributed by atoms with Gasteiger partial charge in [-0.3, -0.25) is 19.9 Å². The van der Waals surface area contributed by atoms with Gasteiger partial charge in [-0.05, 0) is 44.2 Å². The van der Waals surface area contributed by atoms with Crippen LogP contribution in [-0.2, 0) is 0 Å². The Morgan fingerprint density at radius 1 is 0.870 bits per heavy atom. The van der Waals surface area contributed by atoms with Gasteiger partial charge in [0, 0.05) is 41.3 Å². The zero-order valence-corrected chi connectivity index (χ0v) is 13.6. The van der Waals surface area contributed by atoms with Gasteiger partial charge < -0.3 is 0 Å². The first-order chi connectivity index (χ1) is 11.1. The quantitative estimate of drug-likeness (QED) is 0.477. The Bertz CT molecular complexity index is 904. The lowest BCUT2D eigenvalue weighted by Crippen LogP contribution is -1.89. The van der Waals surface area contributed by atoms with Crippen LogP contribution in [-0.4, -0.2) is 19.9 Å². The number of pyridine rings is 4. The second kappa shape index (κ2) is 6.67. The summed E-state index contributed by atoms with van der Waals surface area (Å²) in [4.78, 5) is 16.7. The van der Waals surface area contributed by atoms with Crippen LogP contribution < -0.4 is 0 Å². The third kappa shape index (κ3) is 3.43. The molecule has 4 rings (SSSR count). The number of hydrogen-bond donors (Lipinski definition) is 0. The highest BCUT2D eigenvalue weighted by atomic mass is 35.5. The molecule has 0 bridgehead atoms. The van der Waals surface area contributed by atoms with E-state index < -0.39 is 0 Å². The van der Waals surface area contributed by atoms with Crippen LogP contribution in [0, 0.1) is 13.8 Å². The summed E-state index contributed by atoms with van der Waals surface area (Å²) in [5.74, 6) is 0. The molecule has 114 valence electrons. The summed E-state index contributed by atoms with van der Waals surface area (Å²) in [5.41, 5.74) is 3.78. The lowest BCUT2D eigenvalue weighted by atomic mass is 10.2. The number of rotatable bonds is 0. The number of halogens is 1. The average Bonchev–Trinajstić information content (AvgIpc) is 2.58. The number of aromatic nitrogens is 4. The fourth-order valence-electron chi connectivity index (χ4n) is 2.22. The van der Waals surface area contributed by atoms with E-state index in [9.17, 15) is 0 Å². The molecule has 0 radical (unpaired) electrons. The number of aryl methyl sites for hydroxylation is 2. The first-order valence-electron chi connectivity index (χ1n) is 7.18. The molecule has 0 aromatic carbocycles. The Morgan fingerprint density at radius 2 is 1.70 bits per heavy atom. The van der Waals surface area contributed by atoms with E-state index in [0.717, 1.165) is 33.2 Å². The van der Waals surface area contributed by atoms with Gasteiger partial charge in [0.05, 0.1) is 21.7 Å². The van der Waals surface area contributed by atoms with Crippen LogP contribution in [0.3, 0.4) is 0 Å². The van der Waals surface area contributed by atoms with Crippen LogP contribution in [0.4, 0.5) is 0 Å². The molecule has 0 aliphatic carbocycles. The van der Waals surface area contributed by atoms with E-state index in [-0.39, 0.29) is 0 Å². The minimum Gasteiger partial charge on any atom is -0.264 e. The number of fused-ring (bicyclic) bond motifs is 2. The molecule has 0 saturated carbocycles. The van der Waals surface area contributed by atoms with Gasteiger partial charge in [0.15, 0.2) is 0 Å². The lowest BCUT2D eigenvalue weighted by Gasteiger charge is -2.02. The Kier molecular flexibility index (Phi) is 4.44. The largest absolute Gasteiger partial charge is 0.264 e. The average molecular weight is 323 g/mol. The van der Waals surface area contributed by atoms with Gasteiger partial charge in [0.2, 0.25) is 0 Å². The second-order valence-corrected chi connectivity index (χ2v) is 5.50. The van der Waals surface area contributed by atoms with E-state index in [1.165, 1.54) is 0 Å². The summed E-state index contributed by atoms with van der Waals surface area (Å²) in [5, 5.41) is 2.81. The molecule has 4 aromatic rings. The summed E-state index contributed by atoms with van der Waals surface area (Å²) in [6.07, 6.45) is 7.10. The Balaban J connectivity index is 0.000000140. The van der Waals surface area contributed by atoms with Crippen LogP contribution in [0.1, 0.15) is 11.4 Å². The molecule has 0 amide bonds. The van der Waals surface area contributed by atoms with Crippen molar-refractivity contribution in [2.45, 2.75) is 13.8 Å². The van der Waals surface area contributed by atoms with Gasteiger partial charge in [0.25, 0.3) is 0 Å². The van der Waals surface area contributed by atoms with Crippen molar-refractivity contribution in [2.75, 3.05) is 0 Å². The van der Waals surface area contributed by atoms with Gasteiger partial charge >= 0.3 is 0 Å². The van der Waals surface area contributed by atoms with Crippen LogP contribution in [0.25, 0.3) is 21.8 Å². The van der Waals surface area contributed by atoms with Crippen molar-refractivity contribution in [3.63, 3.8) is 0 Å². The van der Waals surface area contributed by atoms with E-state index >= 15 is 0 Å². The summed E-state index contributed by atoms with van der Waals surface area (Å²) in [7, 11) is 0. The molecule has 4 aromatic heterocycles. The van der Waals surface area contributed by atoms with E-state index in [2.05, 4.69) is 19.9 Å². The molecule has 23 heavy (non-hydrogen) atoms. The maximum absolute atomic E-state index is 5.97. The molecule has 0 N–H and O–H groups in total. The fourth-order valence-corrected chi connectivity index (χ4v) is 2.37. The first kappa shape index (κ1) is 15.3. The monoisotopic (exact) mass is 322 g/mol. The Hall–Kier alpha value is -2.59. The standard InChI is InChI=1S/C10H9ClN2.C8H6N2/c1-6-8-5-9(11)7(2)13-10(8)3-4-12-6;1-2-7-6-9-5-3-8(7)10-4-1/h3-5H,1-2H3;1-6H. The van der Waals surface area contributed by atoms with Crippen LogP contribution in [0.2, 0.25) is 5.02 Å². The highest BCUT2D eigenvalue weighted by Crippen LogP contribution is 2.21. The van der Waals surface area contributed by atoms with E-state index in [1.54, 1.807) is 18.6 Å². The van der Waals surface area contributed by atoms with Gasteiger partial charge in [0.1, 0.15) is 0 Å². The molecule has 0 saturated heterocycles.